The van der Waals surface area contributed by atoms with Crippen LogP contribution >= 0.6 is 0 Å². The van der Waals surface area contributed by atoms with Crippen LogP contribution in [0.4, 0.5) is 10.5 Å². The highest BCUT2D eigenvalue weighted by molar-refractivity contribution is 6.16. The molecule has 1 atom stereocenters. The zero-order valence-corrected chi connectivity index (χ0v) is 14.9. The number of esters is 1. The second kappa shape index (κ2) is 9.27. The maximum atomic E-state index is 12.1. The normalized spacial score (nSPS) is 12.0. The first-order valence-electron chi connectivity index (χ1n) is 8.00. The van der Waals surface area contributed by atoms with Crippen molar-refractivity contribution in [2.24, 2.45) is 0 Å². The lowest BCUT2D eigenvalue weighted by molar-refractivity contribution is -0.133. The van der Waals surface area contributed by atoms with Crippen molar-refractivity contribution in [2.75, 3.05) is 19.5 Å². The third-order valence-electron chi connectivity index (χ3n) is 3.63. The lowest BCUT2D eigenvalue weighted by atomic mass is 9.97. The molecule has 0 saturated heterocycles. The van der Waals surface area contributed by atoms with E-state index in [1.54, 1.807) is 43.3 Å². The molecule has 2 rings (SSSR count). The molecule has 2 aromatic carbocycles. The van der Waals surface area contributed by atoms with Crippen LogP contribution in [-0.4, -0.2) is 26.3 Å². The van der Waals surface area contributed by atoms with Crippen LogP contribution in [0.3, 0.4) is 0 Å². The number of methoxy groups -OCH3 is 2. The van der Waals surface area contributed by atoms with Crippen molar-refractivity contribution in [1.29, 1.82) is 0 Å². The number of carbonyl (C=O) groups excluding carboxylic acids is 2. The van der Waals surface area contributed by atoms with Crippen LogP contribution in [0.2, 0.25) is 0 Å². The monoisotopic (exact) mass is 355 g/mol. The molecule has 0 saturated carbocycles. The number of benzene rings is 2. The summed E-state index contributed by atoms with van der Waals surface area (Å²) in [4.78, 5) is 24.2. The van der Waals surface area contributed by atoms with Gasteiger partial charge < -0.3 is 14.2 Å². The number of hydrogen-bond donors (Lipinski definition) is 1. The van der Waals surface area contributed by atoms with E-state index >= 15 is 0 Å². The van der Waals surface area contributed by atoms with Crippen LogP contribution < -0.4 is 5.32 Å². The highest BCUT2D eigenvalue weighted by Crippen LogP contribution is 2.28. The van der Waals surface area contributed by atoms with Gasteiger partial charge in [0, 0.05) is 11.3 Å². The van der Waals surface area contributed by atoms with Crippen LogP contribution in [0.5, 0.6) is 0 Å². The molecule has 0 bridgehead atoms. The number of amides is 1. The number of anilines is 1. The minimum atomic E-state index is -0.597. The fraction of sp³-hybridized carbons (Fsp3) is 0.200. The molecule has 26 heavy (non-hydrogen) atoms. The predicted octanol–water partition coefficient (Wildman–Crippen LogP) is 4.16. The average molecular weight is 355 g/mol. The van der Waals surface area contributed by atoms with Gasteiger partial charge in [0.15, 0.2) is 0 Å². The van der Waals surface area contributed by atoms with Gasteiger partial charge in [0.05, 0.1) is 20.5 Å². The Morgan fingerprint density at radius 1 is 1.00 bits per heavy atom. The van der Waals surface area contributed by atoms with Gasteiger partial charge in [-0.2, -0.15) is 0 Å². The first kappa shape index (κ1) is 19.1. The topological polar surface area (TPSA) is 73.9 Å². The zero-order chi connectivity index (χ0) is 18.9. The summed E-state index contributed by atoms with van der Waals surface area (Å²) in [6, 6.07) is 16.1. The second-order valence-corrected chi connectivity index (χ2v) is 5.38. The molecule has 2 aromatic rings. The number of nitrogens with one attached hydrogen (secondary N) is 1. The van der Waals surface area contributed by atoms with E-state index < -0.39 is 18.2 Å². The summed E-state index contributed by atoms with van der Waals surface area (Å²) in [5.74, 6) is -0.541. The fourth-order valence-corrected chi connectivity index (χ4v) is 2.44. The summed E-state index contributed by atoms with van der Waals surface area (Å²) in [5.41, 5.74) is 2.10. The van der Waals surface area contributed by atoms with Crippen molar-refractivity contribution in [2.45, 2.75) is 13.0 Å². The van der Waals surface area contributed by atoms with Gasteiger partial charge in [-0.25, -0.2) is 9.59 Å². The van der Waals surface area contributed by atoms with E-state index in [1.807, 2.05) is 18.2 Å². The summed E-state index contributed by atoms with van der Waals surface area (Å²) < 4.78 is 15.3. The third kappa shape index (κ3) is 4.86. The lowest BCUT2D eigenvalue weighted by Gasteiger charge is -2.18. The first-order chi connectivity index (χ1) is 12.6. The quantitative estimate of drug-likeness (QED) is 0.478. The molecule has 0 aliphatic rings. The number of rotatable bonds is 6. The maximum absolute atomic E-state index is 12.1. The molecule has 1 unspecified atom stereocenters. The zero-order valence-electron chi connectivity index (χ0n) is 14.9. The van der Waals surface area contributed by atoms with Crippen LogP contribution in [0.1, 0.15) is 24.2 Å². The van der Waals surface area contributed by atoms with Crippen molar-refractivity contribution < 1.29 is 23.8 Å². The summed E-state index contributed by atoms with van der Waals surface area (Å²) in [6.45, 7) is 1.73. The summed E-state index contributed by atoms with van der Waals surface area (Å²) in [5, 5.41) is 2.66. The van der Waals surface area contributed by atoms with Crippen LogP contribution in [-0.2, 0) is 19.0 Å². The van der Waals surface area contributed by atoms with E-state index in [0.717, 1.165) is 0 Å². The van der Waals surface area contributed by atoms with E-state index in [1.165, 1.54) is 20.5 Å². The molecule has 0 aliphatic carbocycles. The summed E-state index contributed by atoms with van der Waals surface area (Å²) in [6.07, 6.45) is 0.121. The summed E-state index contributed by atoms with van der Waals surface area (Å²) >= 11 is 0. The van der Waals surface area contributed by atoms with Crippen LogP contribution in [0, 0.1) is 0 Å². The Bertz CT molecular complexity index is 786. The lowest BCUT2D eigenvalue weighted by Crippen LogP contribution is -2.17. The Labute approximate surface area is 152 Å². The molecule has 0 aliphatic heterocycles. The van der Waals surface area contributed by atoms with Crippen molar-refractivity contribution >= 4 is 23.3 Å². The molecule has 0 heterocycles. The van der Waals surface area contributed by atoms with E-state index in [0.29, 0.717) is 16.8 Å². The molecule has 6 heteroatoms. The highest BCUT2D eigenvalue weighted by Gasteiger charge is 2.21. The minimum Gasteiger partial charge on any atom is -0.503 e. The van der Waals surface area contributed by atoms with E-state index in [-0.39, 0.29) is 5.57 Å². The molecule has 0 radical (unpaired) electrons. The van der Waals surface area contributed by atoms with Gasteiger partial charge in [0.25, 0.3) is 0 Å². The number of para-hydroxylation sites is 1. The standard InChI is InChI=1S/C20H21NO5/c1-14(26-20(23)21-15-9-5-4-6-10-15)16-11-7-8-12-17(16)18(13-24-2)19(22)25-3/h4-14H,1-3H3,(H,21,23)/b18-13+. The predicted molar refractivity (Wildman–Crippen MR) is 98.4 cm³/mol. The fourth-order valence-electron chi connectivity index (χ4n) is 2.44. The number of ether oxygens (including phenoxy) is 3. The minimum absolute atomic E-state index is 0.240. The highest BCUT2D eigenvalue weighted by atomic mass is 16.6. The van der Waals surface area contributed by atoms with E-state index in [2.05, 4.69) is 5.32 Å². The smallest absolute Gasteiger partial charge is 0.412 e. The number of carbonyl (C=O) groups is 2. The Morgan fingerprint density at radius 3 is 2.31 bits per heavy atom. The van der Waals surface area contributed by atoms with Crippen molar-refractivity contribution in [1.82, 2.24) is 0 Å². The van der Waals surface area contributed by atoms with Gasteiger partial charge in [0.1, 0.15) is 11.7 Å². The van der Waals surface area contributed by atoms with E-state index in [4.69, 9.17) is 14.2 Å². The molecule has 1 amide bonds. The van der Waals surface area contributed by atoms with Crippen molar-refractivity contribution in [3.8, 4) is 0 Å². The van der Waals surface area contributed by atoms with E-state index in [9.17, 15) is 9.59 Å². The second-order valence-electron chi connectivity index (χ2n) is 5.38. The van der Waals surface area contributed by atoms with Gasteiger partial charge in [-0.15, -0.1) is 0 Å². The molecular weight excluding hydrogens is 334 g/mol. The van der Waals surface area contributed by atoms with Gasteiger partial charge >= 0.3 is 12.1 Å². The Hall–Kier alpha value is -3.28. The van der Waals surface area contributed by atoms with Gasteiger partial charge in [-0.3, -0.25) is 5.32 Å². The molecule has 0 fully saturated rings. The van der Waals surface area contributed by atoms with Crippen molar-refractivity contribution in [3.63, 3.8) is 0 Å². The van der Waals surface area contributed by atoms with Crippen LogP contribution in [0.25, 0.3) is 5.57 Å². The largest absolute Gasteiger partial charge is 0.503 e. The van der Waals surface area contributed by atoms with Gasteiger partial charge in [-0.1, -0.05) is 42.5 Å². The van der Waals surface area contributed by atoms with Crippen molar-refractivity contribution in [3.05, 3.63) is 72.0 Å². The Morgan fingerprint density at radius 2 is 1.65 bits per heavy atom. The molecule has 6 nitrogen and oxygen atoms in total. The maximum Gasteiger partial charge on any atom is 0.412 e. The molecule has 0 spiro atoms. The molecule has 0 aromatic heterocycles. The first-order valence-corrected chi connectivity index (χ1v) is 8.00. The van der Waals surface area contributed by atoms with Gasteiger partial charge in [0.2, 0.25) is 0 Å². The van der Waals surface area contributed by atoms with Gasteiger partial charge in [-0.05, 0) is 24.6 Å². The molecule has 136 valence electrons. The summed E-state index contributed by atoms with van der Waals surface area (Å²) in [7, 11) is 2.74. The molecular formula is C20H21NO5. The molecule has 1 N–H and O–H groups in total. The Kier molecular flexibility index (Phi) is 6.79. The SMILES string of the molecule is CO/C=C(/C(=O)OC)c1ccccc1C(C)OC(=O)Nc1ccccc1. The Balaban J connectivity index is 2.21. The average Bonchev–Trinajstić information content (AvgIpc) is 2.66. The van der Waals surface area contributed by atoms with Crippen LogP contribution in [0.15, 0.2) is 60.9 Å². The third-order valence-corrected chi connectivity index (χ3v) is 3.63. The number of hydrogen-bond acceptors (Lipinski definition) is 5.